The Bertz CT molecular complexity index is 477. The summed E-state index contributed by atoms with van der Waals surface area (Å²) in [5.74, 6) is -1.28. The molecule has 4 nitrogen and oxygen atoms in total. The van der Waals surface area contributed by atoms with Gasteiger partial charge >= 0.3 is 5.97 Å². The van der Waals surface area contributed by atoms with Gasteiger partial charge in [-0.05, 0) is 24.3 Å². The van der Waals surface area contributed by atoms with Gasteiger partial charge in [0.1, 0.15) is 6.04 Å². The molecule has 0 spiro atoms. The highest BCUT2D eigenvalue weighted by Gasteiger charge is 2.51. The molecule has 2 N–H and O–H groups in total. The minimum absolute atomic E-state index is 0.131. The van der Waals surface area contributed by atoms with Crippen molar-refractivity contribution in [2.45, 2.75) is 38.1 Å². The Kier molecular flexibility index (Phi) is 3.60. The van der Waals surface area contributed by atoms with Crippen LogP contribution in [-0.4, -0.2) is 23.0 Å². The number of carboxylic acids is 1. The standard InChI is InChI=1S/C15H19NO3/c1-10(2)12(13(17)18)16-14(19)15(8-9-15)11-6-4-3-5-7-11/h3-7,10,12H,8-9H2,1-2H3,(H,16,19)(H,17,18)/t12-/m1/s1. The average molecular weight is 261 g/mol. The van der Waals surface area contributed by atoms with Crippen molar-refractivity contribution in [3.8, 4) is 0 Å². The van der Waals surface area contributed by atoms with Gasteiger partial charge in [0.15, 0.2) is 0 Å². The van der Waals surface area contributed by atoms with E-state index in [1.165, 1.54) is 0 Å². The van der Waals surface area contributed by atoms with E-state index in [4.69, 9.17) is 5.11 Å². The van der Waals surface area contributed by atoms with Crippen molar-refractivity contribution in [2.24, 2.45) is 5.92 Å². The van der Waals surface area contributed by atoms with Crippen molar-refractivity contribution in [3.63, 3.8) is 0 Å². The van der Waals surface area contributed by atoms with Gasteiger partial charge in [-0.3, -0.25) is 4.79 Å². The predicted molar refractivity (Wildman–Crippen MR) is 71.8 cm³/mol. The van der Waals surface area contributed by atoms with Crippen LogP contribution in [0.4, 0.5) is 0 Å². The number of benzene rings is 1. The van der Waals surface area contributed by atoms with E-state index in [9.17, 15) is 9.59 Å². The fraction of sp³-hybridized carbons (Fsp3) is 0.467. The molecule has 1 saturated carbocycles. The summed E-state index contributed by atoms with van der Waals surface area (Å²) in [6, 6.07) is 8.74. The van der Waals surface area contributed by atoms with Crippen LogP contribution in [0.25, 0.3) is 0 Å². The number of aliphatic carboxylic acids is 1. The average Bonchev–Trinajstić information content (AvgIpc) is 3.17. The first-order valence-electron chi connectivity index (χ1n) is 6.57. The quantitative estimate of drug-likeness (QED) is 0.851. The van der Waals surface area contributed by atoms with E-state index in [0.717, 1.165) is 18.4 Å². The highest BCUT2D eigenvalue weighted by molar-refractivity contribution is 5.94. The van der Waals surface area contributed by atoms with Crippen molar-refractivity contribution >= 4 is 11.9 Å². The Hall–Kier alpha value is -1.84. The molecule has 0 saturated heterocycles. The van der Waals surface area contributed by atoms with Gasteiger partial charge in [-0.2, -0.15) is 0 Å². The molecule has 0 unspecified atom stereocenters. The van der Waals surface area contributed by atoms with Crippen LogP contribution in [0.15, 0.2) is 30.3 Å². The van der Waals surface area contributed by atoms with E-state index < -0.39 is 17.4 Å². The number of hydrogen-bond acceptors (Lipinski definition) is 2. The van der Waals surface area contributed by atoms with Crippen LogP contribution in [0.2, 0.25) is 0 Å². The highest BCUT2D eigenvalue weighted by Crippen LogP contribution is 2.48. The Morgan fingerprint density at radius 1 is 1.21 bits per heavy atom. The lowest BCUT2D eigenvalue weighted by atomic mass is 9.94. The summed E-state index contributed by atoms with van der Waals surface area (Å²) < 4.78 is 0. The molecule has 19 heavy (non-hydrogen) atoms. The number of rotatable bonds is 5. The minimum atomic E-state index is -0.979. The van der Waals surface area contributed by atoms with Gasteiger partial charge in [0.05, 0.1) is 5.41 Å². The molecule has 1 atom stereocenters. The molecule has 0 heterocycles. The molecular weight excluding hydrogens is 242 g/mol. The van der Waals surface area contributed by atoms with Gasteiger partial charge in [-0.15, -0.1) is 0 Å². The third-order valence-corrected chi connectivity index (χ3v) is 3.73. The van der Waals surface area contributed by atoms with Crippen LogP contribution in [0.5, 0.6) is 0 Å². The van der Waals surface area contributed by atoms with Crippen molar-refractivity contribution in [3.05, 3.63) is 35.9 Å². The summed E-state index contributed by atoms with van der Waals surface area (Å²) in [4.78, 5) is 23.5. The molecule has 0 radical (unpaired) electrons. The number of nitrogens with one attached hydrogen (secondary N) is 1. The van der Waals surface area contributed by atoms with Crippen LogP contribution in [0.1, 0.15) is 32.3 Å². The molecule has 0 aliphatic heterocycles. The summed E-state index contributed by atoms with van der Waals surface area (Å²) in [6.45, 7) is 3.59. The molecule has 4 heteroatoms. The zero-order chi connectivity index (χ0) is 14.0. The summed E-state index contributed by atoms with van der Waals surface area (Å²) in [7, 11) is 0. The van der Waals surface area contributed by atoms with E-state index >= 15 is 0 Å². The third kappa shape index (κ3) is 2.62. The number of carboxylic acid groups (broad SMARTS) is 1. The van der Waals surface area contributed by atoms with Gasteiger partial charge in [0, 0.05) is 0 Å². The maximum atomic E-state index is 12.4. The predicted octanol–water partition coefficient (Wildman–Crippen LogP) is 1.94. The van der Waals surface area contributed by atoms with Gasteiger partial charge in [-0.25, -0.2) is 4.79 Å². The zero-order valence-electron chi connectivity index (χ0n) is 11.2. The molecular formula is C15H19NO3. The topological polar surface area (TPSA) is 66.4 Å². The van der Waals surface area contributed by atoms with Crippen LogP contribution < -0.4 is 5.32 Å². The molecule has 0 aromatic heterocycles. The van der Waals surface area contributed by atoms with Crippen molar-refractivity contribution in [1.82, 2.24) is 5.32 Å². The third-order valence-electron chi connectivity index (χ3n) is 3.73. The lowest BCUT2D eigenvalue weighted by Crippen LogP contribution is -2.48. The summed E-state index contributed by atoms with van der Waals surface area (Å²) in [5, 5.41) is 11.8. The summed E-state index contributed by atoms with van der Waals surface area (Å²) >= 11 is 0. The smallest absolute Gasteiger partial charge is 0.326 e. The zero-order valence-corrected chi connectivity index (χ0v) is 11.2. The highest BCUT2D eigenvalue weighted by atomic mass is 16.4. The lowest BCUT2D eigenvalue weighted by molar-refractivity contribution is -0.143. The van der Waals surface area contributed by atoms with Crippen molar-refractivity contribution < 1.29 is 14.7 Å². The number of amides is 1. The van der Waals surface area contributed by atoms with Crippen LogP contribution in [0.3, 0.4) is 0 Å². The van der Waals surface area contributed by atoms with Crippen molar-refractivity contribution in [1.29, 1.82) is 0 Å². The van der Waals surface area contributed by atoms with Gasteiger partial charge < -0.3 is 10.4 Å². The van der Waals surface area contributed by atoms with Crippen molar-refractivity contribution in [2.75, 3.05) is 0 Å². The van der Waals surface area contributed by atoms with E-state index in [2.05, 4.69) is 5.32 Å². The largest absolute Gasteiger partial charge is 0.480 e. The number of carbonyl (C=O) groups excluding carboxylic acids is 1. The van der Waals surface area contributed by atoms with Gasteiger partial charge in [0.2, 0.25) is 5.91 Å². The minimum Gasteiger partial charge on any atom is -0.480 e. The fourth-order valence-electron chi connectivity index (χ4n) is 2.32. The SMILES string of the molecule is CC(C)[C@@H](NC(=O)C1(c2ccccc2)CC1)C(=O)O. The lowest BCUT2D eigenvalue weighted by Gasteiger charge is -2.22. The molecule has 1 aromatic rings. The molecule has 102 valence electrons. The summed E-state index contributed by atoms with van der Waals surface area (Å²) in [5.41, 5.74) is 0.463. The van der Waals surface area contributed by atoms with E-state index in [0.29, 0.717) is 0 Å². The molecule has 1 aliphatic rings. The fourth-order valence-corrected chi connectivity index (χ4v) is 2.32. The van der Waals surface area contributed by atoms with E-state index in [-0.39, 0.29) is 11.8 Å². The van der Waals surface area contributed by atoms with Gasteiger partial charge in [0.25, 0.3) is 0 Å². The van der Waals surface area contributed by atoms with Crippen LogP contribution >= 0.6 is 0 Å². The number of hydrogen-bond donors (Lipinski definition) is 2. The maximum Gasteiger partial charge on any atom is 0.326 e. The first-order valence-corrected chi connectivity index (χ1v) is 6.57. The first kappa shape index (κ1) is 13.6. The maximum absolute atomic E-state index is 12.4. The molecule has 2 rings (SSSR count). The second-order valence-electron chi connectivity index (χ2n) is 5.48. The van der Waals surface area contributed by atoms with Crippen LogP contribution in [-0.2, 0) is 15.0 Å². The molecule has 0 bridgehead atoms. The molecule has 1 aliphatic carbocycles. The second-order valence-corrected chi connectivity index (χ2v) is 5.48. The Labute approximate surface area is 112 Å². The number of carbonyl (C=O) groups is 2. The Balaban J connectivity index is 2.14. The molecule has 1 fully saturated rings. The van der Waals surface area contributed by atoms with Crippen LogP contribution in [0, 0.1) is 5.92 Å². The summed E-state index contributed by atoms with van der Waals surface area (Å²) in [6.07, 6.45) is 1.57. The normalized spacial score (nSPS) is 17.8. The molecule has 1 aromatic carbocycles. The first-order chi connectivity index (χ1) is 8.97. The monoisotopic (exact) mass is 261 g/mol. The molecule has 1 amide bonds. The van der Waals surface area contributed by atoms with Gasteiger partial charge in [-0.1, -0.05) is 44.2 Å². The van der Waals surface area contributed by atoms with E-state index in [1.54, 1.807) is 13.8 Å². The Morgan fingerprint density at radius 2 is 1.79 bits per heavy atom. The second kappa shape index (κ2) is 5.03. The Morgan fingerprint density at radius 3 is 2.21 bits per heavy atom. The van der Waals surface area contributed by atoms with E-state index in [1.807, 2.05) is 30.3 Å².